The van der Waals surface area contributed by atoms with Crippen molar-refractivity contribution in [1.82, 2.24) is 24.6 Å². The van der Waals surface area contributed by atoms with Crippen LogP contribution in [0, 0.1) is 17.8 Å². The van der Waals surface area contributed by atoms with E-state index in [1.807, 2.05) is 0 Å². The molecule has 4 rings (SSSR count). The predicted octanol–water partition coefficient (Wildman–Crippen LogP) is 1.71. The monoisotopic (exact) mass is 663 g/mol. The molecule has 0 radical (unpaired) electrons. The van der Waals surface area contributed by atoms with Crippen molar-refractivity contribution in [3.63, 3.8) is 0 Å². The first-order chi connectivity index (χ1) is 19.0. The molecule has 1 saturated carbocycles. The predicted molar refractivity (Wildman–Crippen MR) is 144 cm³/mol. The lowest BCUT2D eigenvalue weighted by Gasteiger charge is -2.51. The number of fused-ring (bicyclic) bond motifs is 1. The number of urea groups is 1. The van der Waals surface area contributed by atoms with Gasteiger partial charge in [0.2, 0.25) is 5.91 Å². The minimum atomic E-state index is -4.71. The first-order valence-corrected chi connectivity index (χ1v) is 16.7. The molecule has 0 bridgehead atoms. The summed E-state index contributed by atoms with van der Waals surface area (Å²) in [6.07, 6.45) is -5.33. The van der Waals surface area contributed by atoms with Crippen LogP contribution < -0.4 is 14.8 Å². The fraction of sp³-hybridized carbons (Fsp3) is 0.652. The van der Waals surface area contributed by atoms with E-state index in [2.05, 4.69) is 14.8 Å². The van der Waals surface area contributed by atoms with Gasteiger partial charge in [0.05, 0.1) is 40.4 Å². The second-order valence-corrected chi connectivity index (χ2v) is 15.2. The van der Waals surface area contributed by atoms with Gasteiger partial charge >= 0.3 is 12.2 Å². The number of hydrogen-bond acceptors (Lipinski definition) is 7. The number of benzene rings is 1. The molecule has 0 aromatic heterocycles. The molecule has 3 fully saturated rings. The second kappa shape index (κ2) is 11.8. The number of likely N-dealkylation sites (tertiary alicyclic amines) is 1. The minimum Gasteiger partial charge on any atom is -0.333 e. The Labute approximate surface area is 246 Å². The molecule has 18 heteroatoms. The summed E-state index contributed by atoms with van der Waals surface area (Å²) in [6.45, 7) is 1.14. The topological polar surface area (TPSA) is 145 Å². The maximum Gasteiger partial charge on any atom is 0.392 e. The number of nitrogens with zero attached hydrogens (tertiary/aromatic N) is 2. The molecular weight excluding hydrogens is 634 g/mol. The van der Waals surface area contributed by atoms with Gasteiger partial charge in [0.25, 0.3) is 10.2 Å². The zero-order chi connectivity index (χ0) is 30.5. The minimum absolute atomic E-state index is 0.0611. The van der Waals surface area contributed by atoms with Gasteiger partial charge in [-0.15, -0.1) is 11.6 Å². The van der Waals surface area contributed by atoms with Crippen LogP contribution in [0.5, 0.6) is 0 Å². The van der Waals surface area contributed by atoms with Crippen molar-refractivity contribution in [2.24, 2.45) is 17.8 Å². The number of nitrogens with one attached hydrogen (secondary N) is 3. The molecule has 11 nitrogen and oxygen atoms in total. The largest absolute Gasteiger partial charge is 0.392 e. The van der Waals surface area contributed by atoms with Gasteiger partial charge in [0.1, 0.15) is 0 Å². The van der Waals surface area contributed by atoms with Crippen molar-refractivity contribution in [1.29, 1.82) is 0 Å². The second-order valence-electron chi connectivity index (χ2n) is 10.4. The maximum absolute atomic E-state index is 14.3. The van der Waals surface area contributed by atoms with Crippen LogP contribution in [0.25, 0.3) is 0 Å². The van der Waals surface area contributed by atoms with Crippen LogP contribution in [-0.2, 0) is 31.4 Å². The van der Waals surface area contributed by atoms with Crippen LogP contribution in [0.15, 0.2) is 23.1 Å². The average Bonchev–Trinajstić information content (AvgIpc) is 2.86. The van der Waals surface area contributed by atoms with Crippen molar-refractivity contribution >= 4 is 55.2 Å². The van der Waals surface area contributed by atoms with E-state index in [-0.39, 0.29) is 40.9 Å². The van der Waals surface area contributed by atoms with Crippen molar-refractivity contribution in [3.05, 3.63) is 28.8 Å². The van der Waals surface area contributed by atoms with Gasteiger partial charge in [-0.3, -0.25) is 14.6 Å². The fourth-order valence-electron chi connectivity index (χ4n) is 5.69. The summed E-state index contributed by atoms with van der Waals surface area (Å²) in [7, 11) is -6.26. The molecule has 3 N–H and O–H groups in total. The van der Waals surface area contributed by atoms with Gasteiger partial charge in [-0.25, -0.2) is 17.9 Å². The van der Waals surface area contributed by atoms with E-state index >= 15 is 0 Å². The van der Waals surface area contributed by atoms with Gasteiger partial charge in [0.15, 0.2) is 9.84 Å². The quantitative estimate of drug-likeness (QED) is 0.341. The summed E-state index contributed by atoms with van der Waals surface area (Å²) in [6, 6.07) is 1.43. The average molecular weight is 665 g/mol. The van der Waals surface area contributed by atoms with Crippen molar-refractivity contribution in [2.75, 3.05) is 32.4 Å². The molecule has 0 spiro atoms. The van der Waals surface area contributed by atoms with E-state index in [9.17, 15) is 39.6 Å². The molecule has 1 aromatic rings. The lowest BCUT2D eigenvalue weighted by atomic mass is 9.69. The number of hydrogen-bond donors (Lipinski definition) is 3. The highest BCUT2D eigenvalue weighted by Gasteiger charge is 2.59. The van der Waals surface area contributed by atoms with Crippen LogP contribution in [0.2, 0.25) is 5.02 Å². The van der Waals surface area contributed by atoms with Crippen molar-refractivity contribution < 1.29 is 39.6 Å². The molecule has 3 amide bonds. The van der Waals surface area contributed by atoms with Crippen molar-refractivity contribution in [3.8, 4) is 0 Å². The SMILES string of the molecule is CCS(=O)(=O)c1ccc(Cl)cc1CN1C(=O)NC2C(CC(C(F)(F)F)C(CN3CC(NS(=O)(=O)NC)C3)C2Cl)C1=O. The van der Waals surface area contributed by atoms with Crippen LogP contribution in [0.3, 0.4) is 0 Å². The molecule has 1 aliphatic carbocycles. The van der Waals surface area contributed by atoms with Gasteiger partial charge in [-0.05, 0) is 30.2 Å². The van der Waals surface area contributed by atoms with E-state index in [0.717, 1.165) is 0 Å². The Hall–Kier alpha value is -1.69. The Morgan fingerprint density at radius 1 is 1.15 bits per heavy atom. The third kappa shape index (κ3) is 6.78. The van der Waals surface area contributed by atoms with Gasteiger partial charge < -0.3 is 5.32 Å². The highest BCUT2D eigenvalue weighted by molar-refractivity contribution is 7.91. The van der Waals surface area contributed by atoms with Gasteiger partial charge in [0, 0.05) is 43.7 Å². The van der Waals surface area contributed by atoms with E-state index in [1.54, 1.807) is 4.90 Å². The molecular formula is C23H30Cl2F3N5O6S2. The maximum atomic E-state index is 14.3. The standard InChI is InChI=1S/C23H30Cl2F3N5O6S2/c1-3-40(36,37)18-5-4-13(24)6-12(18)8-33-21(34)15-7-17(23(26,27)28)16(19(25)20(15)30-22(33)35)11-32-9-14(10-32)31-41(38,39)29-2/h4-6,14-17,19-20,29,31H,3,7-11H2,1-2H3,(H,30,35). The Bertz CT molecular complexity index is 1410. The lowest BCUT2D eigenvalue weighted by Crippen LogP contribution is -2.68. The number of amides is 3. The molecule has 2 heterocycles. The normalized spacial score (nSPS) is 28.3. The number of halogens is 5. The molecule has 2 aliphatic heterocycles. The summed E-state index contributed by atoms with van der Waals surface area (Å²) >= 11 is 12.6. The lowest BCUT2D eigenvalue weighted by molar-refractivity contribution is -0.206. The van der Waals surface area contributed by atoms with E-state index < -0.39 is 86.3 Å². The Kier molecular flexibility index (Phi) is 9.25. The Balaban J connectivity index is 1.54. The van der Waals surface area contributed by atoms with E-state index in [0.29, 0.717) is 4.90 Å². The molecule has 41 heavy (non-hydrogen) atoms. The summed E-state index contributed by atoms with van der Waals surface area (Å²) in [5.41, 5.74) is 0.0611. The molecule has 230 valence electrons. The van der Waals surface area contributed by atoms with Crippen LogP contribution in [0.1, 0.15) is 18.9 Å². The summed E-state index contributed by atoms with van der Waals surface area (Å²) in [4.78, 5) is 28.7. The van der Waals surface area contributed by atoms with Crippen LogP contribution in [0.4, 0.5) is 18.0 Å². The Morgan fingerprint density at radius 2 is 1.80 bits per heavy atom. The molecule has 1 aromatic carbocycles. The fourth-order valence-corrected chi connectivity index (χ4v) is 8.19. The van der Waals surface area contributed by atoms with Gasteiger partial charge in [-0.2, -0.15) is 26.3 Å². The summed E-state index contributed by atoms with van der Waals surface area (Å²) < 4.78 is 95.9. The van der Waals surface area contributed by atoms with E-state index in [4.69, 9.17) is 23.2 Å². The first kappa shape index (κ1) is 32.2. The third-order valence-electron chi connectivity index (χ3n) is 7.83. The number of imide groups is 1. The summed E-state index contributed by atoms with van der Waals surface area (Å²) in [5, 5.41) is 1.48. The van der Waals surface area contributed by atoms with Crippen molar-refractivity contribution in [2.45, 2.75) is 48.4 Å². The first-order valence-electron chi connectivity index (χ1n) is 12.7. The number of carbonyl (C=O) groups is 2. The summed E-state index contributed by atoms with van der Waals surface area (Å²) in [5.74, 6) is -5.60. The molecule has 2 saturated heterocycles. The molecule has 5 unspecified atom stereocenters. The highest BCUT2D eigenvalue weighted by atomic mass is 35.5. The molecule has 5 atom stereocenters. The van der Waals surface area contributed by atoms with Crippen LogP contribution >= 0.6 is 23.2 Å². The zero-order valence-corrected chi connectivity index (χ0v) is 25.1. The third-order valence-corrected chi connectivity index (χ3v) is 11.7. The van der Waals surface area contributed by atoms with Crippen LogP contribution in [-0.4, -0.2) is 94.6 Å². The highest BCUT2D eigenvalue weighted by Crippen LogP contribution is 2.47. The number of alkyl halides is 4. The Morgan fingerprint density at radius 3 is 2.39 bits per heavy atom. The zero-order valence-electron chi connectivity index (χ0n) is 22.0. The number of rotatable bonds is 9. The van der Waals surface area contributed by atoms with E-state index in [1.165, 1.54) is 32.2 Å². The molecule has 3 aliphatic rings. The number of sulfone groups is 1. The smallest absolute Gasteiger partial charge is 0.333 e. The van der Waals surface area contributed by atoms with Gasteiger partial charge in [-0.1, -0.05) is 18.5 Å². The number of carbonyl (C=O) groups excluding carboxylic acids is 2.